The Morgan fingerprint density at radius 2 is 2.24 bits per heavy atom. The molecule has 2 amide bonds. The summed E-state index contributed by atoms with van der Waals surface area (Å²) in [5, 5.41) is 3.92. The molecule has 0 spiro atoms. The highest BCUT2D eigenvalue weighted by Crippen LogP contribution is 2.16. The fourth-order valence-electron chi connectivity index (χ4n) is 2.29. The second-order valence-electron chi connectivity index (χ2n) is 4.91. The summed E-state index contributed by atoms with van der Waals surface area (Å²) in [4.78, 5) is 13.7. The number of hydrogen-bond donors (Lipinski definition) is 1. The number of carbonyl (C=O) groups is 1. The van der Waals surface area contributed by atoms with Crippen LogP contribution in [0.25, 0.3) is 0 Å². The highest BCUT2D eigenvalue weighted by molar-refractivity contribution is 7.94. The van der Waals surface area contributed by atoms with E-state index in [2.05, 4.69) is 12.2 Å². The zero-order valence-corrected chi connectivity index (χ0v) is 10.7. The summed E-state index contributed by atoms with van der Waals surface area (Å²) in [7, 11) is -3.10. The van der Waals surface area contributed by atoms with Crippen LogP contribution >= 0.6 is 0 Å². The van der Waals surface area contributed by atoms with Crippen molar-refractivity contribution in [3.8, 4) is 0 Å². The third-order valence-corrected chi connectivity index (χ3v) is 4.58. The number of likely N-dealkylation sites (tertiary alicyclic amines) is 1. The van der Waals surface area contributed by atoms with Crippen molar-refractivity contribution < 1.29 is 13.2 Å². The van der Waals surface area contributed by atoms with E-state index in [1.54, 1.807) is 11.0 Å². The predicted molar refractivity (Wildman–Crippen MR) is 65.2 cm³/mol. The van der Waals surface area contributed by atoms with E-state index in [1.165, 1.54) is 5.41 Å². The van der Waals surface area contributed by atoms with Crippen LogP contribution in [0.4, 0.5) is 4.79 Å². The molecule has 0 bridgehead atoms. The van der Waals surface area contributed by atoms with Gasteiger partial charge >= 0.3 is 6.03 Å². The van der Waals surface area contributed by atoms with E-state index in [-0.39, 0.29) is 17.8 Å². The molecular formula is C11H18N2O3S. The zero-order chi connectivity index (χ0) is 12.5. The van der Waals surface area contributed by atoms with E-state index in [4.69, 9.17) is 0 Å². The molecule has 1 N–H and O–H groups in total. The molecule has 1 fully saturated rings. The number of rotatable bonds is 1. The second-order valence-corrected chi connectivity index (χ2v) is 6.84. The van der Waals surface area contributed by atoms with Crippen LogP contribution in [0, 0.1) is 5.92 Å². The Morgan fingerprint density at radius 1 is 1.47 bits per heavy atom. The van der Waals surface area contributed by atoms with Crippen LogP contribution in [0.15, 0.2) is 11.5 Å². The summed E-state index contributed by atoms with van der Waals surface area (Å²) in [5.74, 6) is 0.514. The molecule has 17 heavy (non-hydrogen) atoms. The van der Waals surface area contributed by atoms with Gasteiger partial charge < -0.3 is 10.2 Å². The van der Waals surface area contributed by atoms with Crippen LogP contribution in [0.1, 0.15) is 19.8 Å². The minimum Gasteiger partial charge on any atom is -0.331 e. The maximum atomic E-state index is 11.9. The van der Waals surface area contributed by atoms with Gasteiger partial charge in [0.15, 0.2) is 9.84 Å². The molecule has 0 saturated carbocycles. The molecule has 2 rings (SSSR count). The van der Waals surface area contributed by atoms with Gasteiger partial charge in [0.25, 0.3) is 0 Å². The van der Waals surface area contributed by atoms with Gasteiger partial charge in [-0.15, -0.1) is 0 Å². The average molecular weight is 258 g/mol. The molecular weight excluding hydrogens is 240 g/mol. The van der Waals surface area contributed by atoms with Crippen LogP contribution < -0.4 is 5.32 Å². The number of urea groups is 1. The van der Waals surface area contributed by atoms with E-state index < -0.39 is 9.84 Å². The maximum Gasteiger partial charge on any atom is 0.317 e. The normalized spacial score (nSPS) is 31.5. The molecule has 0 aromatic heterocycles. The first-order valence-electron chi connectivity index (χ1n) is 5.93. The summed E-state index contributed by atoms with van der Waals surface area (Å²) >= 11 is 0. The largest absolute Gasteiger partial charge is 0.331 e. The van der Waals surface area contributed by atoms with Crippen LogP contribution in [0.3, 0.4) is 0 Å². The van der Waals surface area contributed by atoms with Crippen molar-refractivity contribution in [2.75, 3.05) is 18.8 Å². The highest BCUT2D eigenvalue weighted by atomic mass is 32.2. The fourth-order valence-corrected chi connectivity index (χ4v) is 3.52. The van der Waals surface area contributed by atoms with Gasteiger partial charge in [0.05, 0.1) is 11.8 Å². The first kappa shape index (κ1) is 12.4. The van der Waals surface area contributed by atoms with E-state index >= 15 is 0 Å². The van der Waals surface area contributed by atoms with E-state index in [0.29, 0.717) is 5.92 Å². The average Bonchev–Trinajstić information content (AvgIpc) is 2.58. The van der Waals surface area contributed by atoms with Gasteiger partial charge in [0.2, 0.25) is 0 Å². The van der Waals surface area contributed by atoms with Crippen molar-refractivity contribution in [1.29, 1.82) is 0 Å². The maximum absolute atomic E-state index is 11.9. The van der Waals surface area contributed by atoms with Crippen LogP contribution in [-0.2, 0) is 9.84 Å². The molecule has 5 nitrogen and oxygen atoms in total. The molecule has 2 unspecified atom stereocenters. The first-order chi connectivity index (χ1) is 7.96. The van der Waals surface area contributed by atoms with Gasteiger partial charge in [-0.1, -0.05) is 6.92 Å². The number of nitrogens with zero attached hydrogens (tertiary/aromatic N) is 1. The third kappa shape index (κ3) is 3.21. The van der Waals surface area contributed by atoms with Crippen LogP contribution in [0.5, 0.6) is 0 Å². The number of amides is 2. The lowest BCUT2D eigenvalue weighted by Crippen LogP contribution is -2.48. The Labute approximate surface area is 102 Å². The van der Waals surface area contributed by atoms with Gasteiger partial charge in [0.1, 0.15) is 0 Å². The van der Waals surface area contributed by atoms with Crippen molar-refractivity contribution >= 4 is 15.9 Å². The van der Waals surface area contributed by atoms with Crippen molar-refractivity contribution in [1.82, 2.24) is 10.2 Å². The Bertz CT molecular complexity index is 430. The molecule has 0 aromatic rings. The van der Waals surface area contributed by atoms with E-state index in [9.17, 15) is 13.2 Å². The van der Waals surface area contributed by atoms with Gasteiger partial charge in [-0.25, -0.2) is 13.2 Å². The monoisotopic (exact) mass is 258 g/mol. The smallest absolute Gasteiger partial charge is 0.317 e. The molecule has 2 aliphatic rings. The molecule has 2 aliphatic heterocycles. The van der Waals surface area contributed by atoms with Crippen molar-refractivity contribution in [2.45, 2.75) is 25.8 Å². The molecule has 96 valence electrons. The fraction of sp³-hybridized carbons (Fsp3) is 0.727. The zero-order valence-electron chi connectivity index (χ0n) is 9.93. The van der Waals surface area contributed by atoms with Crippen molar-refractivity contribution in [2.24, 2.45) is 5.92 Å². The Morgan fingerprint density at radius 3 is 2.82 bits per heavy atom. The Kier molecular flexibility index (Phi) is 3.42. The standard InChI is InChI=1S/C11H18N2O3S/c1-9-3-2-5-13(7-9)11(14)12-10-4-6-17(15,16)8-10/h4,6,9-10H,2-3,5,7-8H2,1H3,(H,12,14). The molecule has 0 aliphatic carbocycles. The number of nitrogens with one attached hydrogen (secondary N) is 1. The van der Waals surface area contributed by atoms with Crippen molar-refractivity contribution in [3.63, 3.8) is 0 Å². The minimum atomic E-state index is -3.10. The Balaban J connectivity index is 1.87. The Hall–Kier alpha value is -1.04. The summed E-state index contributed by atoms with van der Waals surface area (Å²) in [6, 6.07) is -0.520. The lowest BCUT2D eigenvalue weighted by molar-refractivity contribution is 0.168. The molecule has 0 aromatic carbocycles. The summed E-state index contributed by atoms with van der Waals surface area (Å²) in [6.45, 7) is 3.65. The van der Waals surface area contributed by atoms with Gasteiger partial charge in [0, 0.05) is 18.5 Å². The number of piperidine rings is 1. The second kappa shape index (κ2) is 4.68. The number of hydrogen-bond acceptors (Lipinski definition) is 3. The summed E-state index contributed by atoms with van der Waals surface area (Å²) < 4.78 is 22.4. The summed E-state index contributed by atoms with van der Waals surface area (Å²) in [5.41, 5.74) is 0. The summed E-state index contributed by atoms with van der Waals surface area (Å²) in [6.07, 6.45) is 3.72. The molecule has 6 heteroatoms. The highest BCUT2D eigenvalue weighted by Gasteiger charge is 2.26. The van der Waals surface area contributed by atoms with E-state index in [0.717, 1.165) is 25.9 Å². The third-order valence-electron chi connectivity index (χ3n) is 3.18. The molecule has 1 saturated heterocycles. The quantitative estimate of drug-likeness (QED) is 0.754. The van der Waals surface area contributed by atoms with Gasteiger partial charge in [-0.3, -0.25) is 0 Å². The molecule has 2 atom stereocenters. The lowest BCUT2D eigenvalue weighted by atomic mass is 10.0. The van der Waals surface area contributed by atoms with Crippen molar-refractivity contribution in [3.05, 3.63) is 11.5 Å². The SMILES string of the molecule is CC1CCCN(C(=O)NC2C=CS(=O)(=O)C2)C1. The van der Waals surface area contributed by atoms with E-state index in [1.807, 2.05) is 0 Å². The van der Waals surface area contributed by atoms with Gasteiger partial charge in [-0.05, 0) is 24.8 Å². The topological polar surface area (TPSA) is 66.5 Å². The van der Waals surface area contributed by atoms with Gasteiger partial charge in [-0.2, -0.15) is 0 Å². The number of carbonyl (C=O) groups excluding carboxylic acids is 1. The molecule has 0 radical (unpaired) electrons. The van der Waals surface area contributed by atoms with Crippen LogP contribution in [0.2, 0.25) is 0 Å². The minimum absolute atomic E-state index is 0.0118. The van der Waals surface area contributed by atoms with Crippen LogP contribution in [-0.4, -0.2) is 44.2 Å². The lowest BCUT2D eigenvalue weighted by Gasteiger charge is -2.31. The number of sulfone groups is 1. The molecule has 2 heterocycles. The predicted octanol–water partition coefficient (Wildman–Crippen LogP) is 0.739. The first-order valence-corrected chi connectivity index (χ1v) is 7.64.